The van der Waals surface area contributed by atoms with E-state index < -0.39 is 16.8 Å². The molecule has 1 amide bonds. The lowest BCUT2D eigenvalue weighted by Crippen LogP contribution is -2.42. The molecule has 0 aliphatic heterocycles. The fraction of sp³-hybridized carbons (Fsp3) is 0.533. The molecule has 0 aliphatic rings. The Bertz CT molecular complexity index is 471. The highest BCUT2D eigenvalue weighted by Crippen LogP contribution is 2.11. The Morgan fingerprint density at radius 1 is 1.30 bits per heavy atom. The lowest BCUT2D eigenvalue weighted by molar-refractivity contribution is -0.132. The lowest BCUT2D eigenvalue weighted by Gasteiger charge is -2.22. The number of hydrogen-bond donors (Lipinski definition) is 1. The Labute approximate surface area is 123 Å². The number of hydrogen-bond acceptors (Lipinski definition) is 3. The largest absolute Gasteiger partial charge is 0.340 e. The maximum Gasteiger partial charge on any atom is 0.239 e. The summed E-state index contributed by atoms with van der Waals surface area (Å²) in [6.45, 7) is 4.62. The molecule has 0 aromatic heterocycles. The number of carbonyl (C=O) groups is 1. The summed E-state index contributed by atoms with van der Waals surface area (Å²) in [4.78, 5) is 14.5. The smallest absolute Gasteiger partial charge is 0.239 e. The Kier molecular flexibility index (Phi) is 6.36. The van der Waals surface area contributed by atoms with Gasteiger partial charge in [-0.15, -0.1) is 0 Å². The molecular weight excluding hydrogens is 272 g/mol. The molecule has 5 heteroatoms. The summed E-state index contributed by atoms with van der Waals surface area (Å²) in [5.74, 6) is 0.364. The highest BCUT2D eigenvalue weighted by atomic mass is 32.2. The second-order valence-electron chi connectivity index (χ2n) is 5.53. The SMILES string of the molecule is CC(C)C[C@H](N)C(=O)N(C)Cc1ccc(S(C)=O)cc1. The predicted octanol–water partition coefficient (Wildman–Crippen LogP) is 1.76. The first kappa shape index (κ1) is 16.9. The molecule has 0 saturated heterocycles. The van der Waals surface area contributed by atoms with E-state index in [9.17, 15) is 9.00 Å². The molecule has 1 unspecified atom stereocenters. The van der Waals surface area contributed by atoms with Gasteiger partial charge in [-0.2, -0.15) is 0 Å². The van der Waals surface area contributed by atoms with Crippen LogP contribution in [0.1, 0.15) is 25.8 Å². The molecule has 1 rings (SSSR count). The van der Waals surface area contributed by atoms with Crippen molar-refractivity contribution < 1.29 is 9.00 Å². The van der Waals surface area contributed by atoms with Crippen molar-refractivity contribution in [1.29, 1.82) is 0 Å². The molecule has 0 bridgehead atoms. The maximum absolute atomic E-state index is 12.1. The zero-order chi connectivity index (χ0) is 15.3. The number of amides is 1. The topological polar surface area (TPSA) is 63.4 Å². The average molecular weight is 296 g/mol. The van der Waals surface area contributed by atoms with Crippen molar-refractivity contribution in [3.05, 3.63) is 29.8 Å². The molecule has 2 N–H and O–H groups in total. The van der Waals surface area contributed by atoms with Crippen LogP contribution in [0.3, 0.4) is 0 Å². The molecule has 4 nitrogen and oxygen atoms in total. The Hall–Kier alpha value is -1.20. The molecule has 20 heavy (non-hydrogen) atoms. The van der Waals surface area contributed by atoms with Gasteiger partial charge in [0.2, 0.25) is 5.91 Å². The number of rotatable bonds is 6. The van der Waals surface area contributed by atoms with Gasteiger partial charge in [0.15, 0.2) is 0 Å². The summed E-state index contributed by atoms with van der Waals surface area (Å²) in [6, 6.07) is 7.01. The van der Waals surface area contributed by atoms with Crippen LogP contribution < -0.4 is 5.73 Å². The van der Waals surface area contributed by atoms with Crippen LogP contribution in [0.25, 0.3) is 0 Å². The highest BCUT2D eigenvalue weighted by molar-refractivity contribution is 7.84. The van der Waals surface area contributed by atoms with Crippen LogP contribution in [-0.4, -0.2) is 34.4 Å². The van der Waals surface area contributed by atoms with Crippen molar-refractivity contribution in [1.82, 2.24) is 4.90 Å². The Morgan fingerprint density at radius 2 is 1.85 bits per heavy atom. The number of likely N-dealkylation sites (N-methyl/N-ethyl adjacent to an activating group) is 1. The van der Waals surface area contributed by atoms with E-state index in [1.807, 2.05) is 24.3 Å². The van der Waals surface area contributed by atoms with Crippen molar-refractivity contribution in [2.75, 3.05) is 13.3 Å². The van der Waals surface area contributed by atoms with E-state index in [-0.39, 0.29) is 5.91 Å². The minimum Gasteiger partial charge on any atom is -0.340 e. The first-order chi connectivity index (χ1) is 9.31. The standard InChI is InChI=1S/C15H24N2O2S/c1-11(2)9-14(16)15(18)17(3)10-12-5-7-13(8-6-12)20(4)19/h5-8,11,14H,9-10,16H2,1-4H3/t14-,20?/m0/s1. The van der Waals surface area contributed by atoms with Gasteiger partial charge in [-0.05, 0) is 30.0 Å². The van der Waals surface area contributed by atoms with Gasteiger partial charge in [0.25, 0.3) is 0 Å². The van der Waals surface area contributed by atoms with Crippen molar-refractivity contribution >= 4 is 16.7 Å². The van der Waals surface area contributed by atoms with Crippen LogP contribution in [-0.2, 0) is 22.1 Å². The quantitative estimate of drug-likeness (QED) is 0.870. The first-order valence-electron chi connectivity index (χ1n) is 6.74. The summed E-state index contributed by atoms with van der Waals surface area (Å²) in [7, 11) is 0.785. The van der Waals surface area contributed by atoms with E-state index in [0.29, 0.717) is 18.9 Å². The predicted molar refractivity (Wildman–Crippen MR) is 82.7 cm³/mol. The maximum atomic E-state index is 12.1. The van der Waals surface area contributed by atoms with Crippen molar-refractivity contribution in [2.45, 2.75) is 37.8 Å². The Balaban J connectivity index is 2.63. The summed E-state index contributed by atoms with van der Waals surface area (Å²) in [5.41, 5.74) is 6.91. The third-order valence-corrected chi connectivity index (χ3v) is 4.03. The van der Waals surface area contributed by atoms with Crippen LogP contribution in [0.2, 0.25) is 0 Å². The summed E-state index contributed by atoms with van der Waals surface area (Å²) in [5, 5.41) is 0. The van der Waals surface area contributed by atoms with Gasteiger partial charge in [-0.3, -0.25) is 9.00 Å². The van der Waals surface area contributed by atoms with Crippen LogP contribution >= 0.6 is 0 Å². The normalized spacial score (nSPS) is 14.1. The van der Waals surface area contributed by atoms with Gasteiger partial charge in [-0.1, -0.05) is 26.0 Å². The molecule has 0 aliphatic carbocycles. The molecule has 0 heterocycles. The molecule has 1 aromatic rings. The van der Waals surface area contributed by atoms with Crippen LogP contribution in [0.4, 0.5) is 0 Å². The summed E-state index contributed by atoms with van der Waals surface area (Å²) >= 11 is 0. The number of nitrogens with two attached hydrogens (primary N) is 1. The fourth-order valence-corrected chi connectivity index (χ4v) is 2.55. The van der Waals surface area contributed by atoms with Gasteiger partial charge < -0.3 is 10.6 Å². The second-order valence-corrected chi connectivity index (χ2v) is 6.91. The molecule has 112 valence electrons. The monoisotopic (exact) mass is 296 g/mol. The minimum absolute atomic E-state index is 0.0400. The minimum atomic E-state index is -0.973. The van der Waals surface area contributed by atoms with E-state index in [2.05, 4.69) is 13.8 Å². The van der Waals surface area contributed by atoms with Crippen LogP contribution in [0.5, 0.6) is 0 Å². The molecule has 0 saturated carbocycles. The zero-order valence-corrected chi connectivity index (χ0v) is 13.4. The van der Waals surface area contributed by atoms with Gasteiger partial charge in [-0.25, -0.2) is 0 Å². The third kappa shape index (κ3) is 5.06. The van der Waals surface area contributed by atoms with Crippen molar-refractivity contribution in [2.24, 2.45) is 11.7 Å². The molecule has 0 fully saturated rings. The lowest BCUT2D eigenvalue weighted by atomic mass is 10.0. The van der Waals surface area contributed by atoms with Crippen molar-refractivity contribution in [3.63, 3.8) is 0 Å². The average Bonchev–Trinajstić information content (AvgIpc) is 2.37. The van der Waals surface area contributed by atoms with Crippen molar-refractivity contribution in [3.8, 4) is 0 Å². The van der Waals surface area contributed by atoms with E-state index in [1.165, 1.54) is 0 Å². The second kappa shape index (κ2) is 7.55. The molecule has 0 spiro atoms. The Morgan fingerprint density at radius 3 is 2.30 bits per heavy atom. The van der Waals surface area contributed by atoms with E-state index in [4.69, 9.17) is 5.73 Å². The van der Waals surface area contributed by atoms with Gasteiger partial charge in [0.05, 0.1) is 6.04 Å². The third-order valence-electron chi connectivity index (χ3n) is 3.09. The van der Waals surface area contributed by atoms with E-state index in [0.717, 1.165) is 10.5 Å². The number of benzene rings is 1. The molecular formula is C15H24N2O2S. The van der Waals surface area contributed by atoms with E-state index >= 15 is 0 Å². The number of carbonyl (C=O) groups excluding carboxylic acids is 1. The van der Waals surface area contributed by atoms with Crippen LogP contribution in [0.15, 0.2) is 29.2 Å². The first-order valence-corrected chi connectivity index (χ1v) is 8.30. The fourth-order valence-electron chi connectivity index (χ4n) is 2.03. The van der Waals surface area contributed by atoms with Gasteiger partial charge in [0.1, 0.15) is 0 Å². The van der Waals surface area contributed by atoms with E-state index in [1.54, 1.807) is 18.2 Å². The van der Waals surface area contributed by atoms with Gasteiger partial charge >= 0.3 is 0 Å². The van der Waals surface area contributed by atoms with Crippen LogP contribution in [0, 0.1) is 5.92 Å². The summed E-state index contributed by atoms with van der Waals surface area (Å²) in [6.07, 6.45) is 2.34. The zero-order valence-electron chi connectivity index (χ0n) is 12.6. The molecule has 1 aromatic carbocycles. The molecule has 2 atom stereocenters. The van der Waals surface area contributed by atoms with Gasteiger partial charge in [0, 0.05) is 35.5 Å². The highest BCUT2D eigenvalue weighted by Gasteiger charge is 2.19. The summed E-state index contributed by atoms with van der Waals surface area (Å²) < 4.78 is 11.3. The molecule has 0 radical (unpaired) electrons. The number of nitrogens with zero attached hydrogens (tertiary/aromatic N) is 1.